The maximum atomic E-state index is 14.4. The Labute approximate surface area is 254 Å². The van der Waals surface area contributed by atoms with E-state index in [2.05, 4.69) is 10.3 Å². The van der Waals surface area contributed by atoms with Crippen molar-refractivity contribution in [1.82, 2.24) is 24.8 Å². The zero-order valence-corrected chi connectivity index (χ0v) is 26.8. The van der Waals surface area contributed by atoms with Gasteiger partial charge in [-0.05, 0) is 76.6 Å². The first kappa shape index (κ1) is 33.8. The molecule has 43 heavy (non-hydrogen) atoms. The average molecular weight is 602 g/mol. The van der Waals surface area contributed by atoms with Crippen LogP contribution in [0, 0.1) is 11.8 Å². The van der Waals surface area contributed by atoms with Gasteiger partial charge in [0, 0.05) is 33.4 Å². The summed E-state index contributed by atoms with van der Waals surface area (Å²) >= 11 is 0. The van der Waals surface area contributed by atoms with Crippen molar-refractivity contribution in [3.05, 3.63) is 35.7 Å². The first-order chi connectivity index (χ1) is 20.4. The number of carbonyl (C=O) groups is 3. The number of amides is 2. The molecule has 1 fully saturated rings. The van der Waals surface area contributed by atoms with E-state index in [4.69, 9.17) is 18.9 Å². The van der Waals surface area contributed by atoms with Gasteiger partial charge in [0.1, 0.15) is 11.4 Å². The number of hydrogen-bond acceptors (Lipinski definition) is 9. The van der Waals surface area contributed by atoms with E-state index in [1.54, 1.807) is 44.6 Å². The van der Waals surface area contributed by atoms with Crippen molar-refractivity contribution in [1.29, 1.82) is 0 Å². The van der Waals surface area contributed by atoms with Crippen LogP contribution in [0.1, 0.15) is 70.1 Å². The minimum atomic E-state index is -0.712. The zero-order valence-electron chi connectivity index (χ0n) is 26.8. The molecule has 1 aliphatic rings. The number of methoxy groups -OCH3 is 3. The molecule has 0 spiro atoms. The first-order valence-corrected chi connectivity index (χ1v) is 14.8. The summed E-state index contributed by atoms with van der Waals surface area (Å²) in [5, 5.41) is 8.79. The van der Waals surface area contributed by atoms with Crippen LogP contribution in [0.2, 0.25) is 0 Å². The molecule has 3 rings (SSSR count). The normalized spacial score (nSPS) is 17.1. The molecule has 1 aromatic heterocycles. The van der Waals surface area contributed by atoms with E-state index in [0.717, 1.165) is 18.5 Å². The van der Waals surface area contributed by atoms with Crippen LogP contribution in [-0.2, 0) is 25.4 Å². The Kier molecular flexibility index (Phi) is 11.9. The summed E-state index contributed by atoms with van der Waals surface area (Å²) in [4.78, 5) is 43.5. The third-order valence-corrected chi connectivity index (χ3v) is 7.17. The van der Waals surface area contributed by atoms with Crippen LogP contribution in [-0.4, -0.2) is 102 Å². The van der Waals surface area contributed by atoms with Gasteiger partial charge in [0.2, 0.25) is 0 Å². The van der Waals surface area contributed by atoms with Gasteiger partial charge in [0.25, 0.3) is 5.91 Å². The van der Waals surface area contributed by atoms with Gasteiger partial charge in [-0.2, -0.15) is 0 Å². The van der Waals surface area contributed by atoms with Crippen LogP contribution in [0.3, 0.4) is 0 Å². The highest BCUT2D eigenvalue weighted by atomic mass is 16.6. The molecule has 0 N–H and O–H groups in total. The topological polar surface area (TPSA) is 125 Å². The van der Waals surface area contributed by atoms with Crippen molar-refractivity contribution in [2.24, 2.45) is 11.8 Å². The molecule has 2 amide bonds. The number of piperidine rings is 1. The highest BCUT2D eigenvalue weighted by Crippen LogP contribution is 2.27. The molecular weight excluding hydrogens is 554 g/mol. The standard InChI is InChI=1S/C31H47N5O7/c1-21(2)18-35(24-17-22(29(38)42-8)19-34(20-24)30(39)43-31(3,4)5)28(37)27-26(11-9-10-16-40-6)36(33-32-27)23-12-14-25(41-7)15-13-23/h12-15,21-22,24H,9-11,16-20H2,1-8H3/t22-,24+/m1/s1. The van der Waals surface area contributed by atoms with Gasteiger partial charge in [-0.25, -0.2) is 9.48 Å². The van der Waals surface area contributed by atoms with E-state index in [0.29, 0.717) is 37.4 Å². The Bertz CT molecular complexity index is 1220. The van der Waals surface area contributed by atoms with Crippen molar-refractivity contribution in [3.8, 4) is 11.4 Å². The van der Waals surface area contributed by atoms with E-state index in [1.807, 2.05) is 38.1 Å². The number of unbranched alkanes of at least 4 members (excludes halogenated alkanes) is 1. The van der Waals surface area contributed by atoms with Crippen LogP contribution in [0.4, 0.5) is 4.79 Å². The lowest BCUT2D eigenvalue weighted by atomic mass is 9.92. The predicted molar refractivity (Wildman–Crippen MR) is 160 cm³/mol. The van der Waals surface area contributed by atoms with Crippen LogP contribution >= 0.6 is 0 Å². The van der Waals surface area contributed by atoms with E-state index in [9.17, 15) is 14.4 Å². The van der Waals surface area contributed by atoms with E-state index in [1.165, 1.54) is 12.0 Å². The second kappa shape index (κ2) is 15.2. The number of ether oxygens (including phenoxy) is 4. The second-order valence-corrected chi connectivity index (χ2v) is 12.3. The van der Waals surface area contributed by atoms with Crippen molar-refractivity contribution < 1.29 is 33.3 Å². The molecule has 1 aromatic carbocycles. The molecule has 0 radical (unpaired) electrons. The Morgan fingerprint density at radius 2 is 1.74 bits per heavy atom. The van der Waals surface area contributed by atoms with Crippen molar-refractivity contribution >= 4 is 18.0 Å². The number of hydrogen-bond donors (Lipinski definition) is 0. The Balaban J connectivity index is 2.01. The first-order valence-electron chi connectivity index (χ1n) is 14.8. The molecule has 0 aliphatic carbocycles. The SMILES string of the molecule is COCCCCc1c(C(=O)N(CC(C)C)[C@H]2C[C@@H](C(=O)OC)CN(C(=O)OC(C)(C)C)C2)nnn1-c1ccc(OC)cc1. The summed E-state index contributed by atoms with van der Waals surface area (Å²) < 4.78 is 22.9. The average Bonchev–Trinajstić information content (AvgIpc) is 3.39. The summed E-state index contributed by atoms with van der Waals surface area (Å²) in [5.41, 5.74) is 0.974. The predicted octanol–water partition coefficient (Wildman–Crippen LogP) is 4.14. The summed E-state index contributed by atoms with van der Waals surface area (Å²) in [5.74, 6) is -0.521. The monoisotopic (exact) mass is 601 g/mol. The number of likely N-dealkylation sites (tertiary alicyclic amines) is 1. The van der Waals surface area contributed by atoms with Crippen LogP contribution in [0.25, 0.3) is 5.69 Å². The number of aromatic nitrogens is 3. The molecule has 12 heteroatoms. The molecule has 2 aromatic rings. The van der Waals surface area contributed by atoms with E-state index < -0.39 is 29.6 Å². The summed E-state index contributed by atoms with van der Waals surface area (Å²) in [6, 6.07) is 6.94. The van der Waals surface area contributed by atoms with Gasteiger partial charge in [-0.15, -0.1) is 5.10 Å². The second-order valence-electron chi connectivity index (χ2n) is 12.3. The van der Waals surface area contributed by atoms with E-state index >= 15 is 0 Å². The summed E-state index contributed by atoms with van der Waals surface area (Å²) in [6.45, 7) is 10.8. The number of esters is 1. The smallest absolute Gasteiger partial charge is 0.410 e. The molecule has 1 aliphatic heterocycles. The van der Waals surface area contributed by atoms with Crippen molar-refractivity contribution in [2.45, 2.75) is 71.9 Å². The minimum absolute atomic E-state index is 0.110. The molecule has 1 saturated heterocycles. The quantitative estimate of drug-likeness (QED) is 0.261. The number of carbonyl (C=O) groups excluding carboxylic acids is 3. The van der Waals surface area contributed by atoms with Crippen molar-refractivity contribution in [3.63, 3.8) is 0 Å². The fraction of sp³-hybridized carbons (Fsp3) is 0.645. The highest BCUT2D eigenvalue weighted by molar-refractivity contribution is 5.94. The van der Waals surface area contributed by atoms with Gasteiger partial charge in [0.15, 0.2) is 5.69 Å². The van der Waals surface area contributed by atoms with Crippen LogP contribution in [0.15, 0.2) is 24.3 Å². The van der Waals surface area contributed by atoms with E-state index in [-0.39, 0.29) is 30.6 Å². The lowest BCUT2D eigenvalue weighted by Crippen LogP contribution is -2.57. The number of rotatable bonds is 12. The minimum Gasteiger partial charge on any atom is -0.497 e. The van der Waals surface area contributed by atoms with Gasteiger partial charge >= 0.3 is 12.1 Å². The van der Waals surface area contributed by atoms with Crippen LogP contribution in [0.5, 0.6) is 5.75 Å². The zero-order chi connectivity index (χ0) is 31.7. The Hall–Kier alpha value is -3.67. The molecule has 2 atom stereocenters. The van der Waals surface area contributed by atoms with Gasteiger partial charge < -0.3 is 28.7 Å². The lowest BCUT2D eigenvalue weighted by Gasteiger charge is -2.42. The number of nitrogens with zero attached hydrogens (tertiary/aromatic N) is 5. The van der Waals surface area contributed by atoms with Gasteiger partial charge in [-0.3, -0.25) is 9.59 Å². The fourth-order valence-corrected chi connectivity index (χ4v) is 5.20. The molecule has 12 nitrogen and oxygen atoms in total. The molecule has 2 heterocycles. The summed E-state index contributed by atoms with van der Waals surface area (Å²) in [7, 11) is 4.59. The third kappa shape index (κ3) is 9.16. The Morgan fingerprint density at radius 1 is 1.05 bits per heavy atom. The lowest BCUT2D eigenvalue weighted by molar-refractivity contribution is -0.148. The highest BCUT2D eigenvalue weighted by Gasteiger charge is 2.41. The number of benzene rings is 1. The van der Waals surface area contributed by atoms with Crippen LogP contribution < -0.4 is 4.74 Å². The molecule has 0 bridgehead atoms. The van der Waals surface area contributed by atoms with Crippen molar-refractivity contribution in [2.75, 3.05) is 47.6 Å². The van der Waals surface area contributed by atoms with Gasteiger partial charge in [-0.1, -0.05) is 19.1 Å². The largest absolute Gasteiger partial charge is 0.497 e. The molecular formula is C31H47N5O7. The molecule has 0 saturated carbocycles. The molecule has 0 unspecified atom stereocenters. The molecule has 238 valence electrons. The summed E-state index contributed by atoms with van der Waals surface area (Å²) in [6.07, 6.45) is 1.94. The maximum absolute atomic E-state index is 14.4. The Morgan fingerprint density at radius 3 is 2.33 bits per heavy atom. The maximum Gasteiger partial charge on any atom is 0.410 e. The third-order valence-electron chi connectivity index (χ3n) is 7.17. The van der Waals surface area contributed by atoms with Gasteiger partial charge in [0.05, 0.1) is 37.6 Å². The fourth-order valence-electron chi connectivity index (χ4n) is 5.20.